The summed E-state index contributed by atoms with van der Waals surface area (Å²) in [5, 5.41) is 0. The minimum atomic E-state index is -0.101. The molecule has 0 aromatic heterocycles. The number of amides is 1. The minimum Gasteiger partial charge on any atom is -0.362 e. The van der Waals surface area contributed by atoms with E-state index in [1.165, 1.54) is 0 Å². The van der Waals surface area contributed by atoms with Crippen molar-refractivity contribution >= 4 is 5.91 Å². The summed E-state index contributed by atoms with van der Waals surface area (Å²) >= 11 is 0. The molecule has 16 heavy (non-hydrogen) atoms. The summed E-state index contributed by atoms with van der Waals surface area (Å²) in [5.74, 6) is 6.00. The molecule has 1 aliphatic rings. The average molecular weight is 225 g/mol. The third-order valence-corrected chi connectivity index (χ3v) is 2.18. The number of morpholine rings is 1. The Kier molecular flexibility index (Phi) is 7.66. The van der Waals surface area contributed by atoms with Crippen molar-refractivity contribution < 1.29 is 9.53 Å². The van der Waals surface area contributed by atoms with Crippen LogP contribution in [0.15, 0.2) is 0 Å². The van der Waals surface area contributed by atoms with Gasteiger partial charge in [-0.15, -0.1) is 5.92 Å². The van der Waals surface area contributed by atoms with E-state index < -0.39 is 0 Å². The van der Waals surface area contributed by atoms with E-state index in [0.717, 1.165) is 0 Å². The number of hydrogen-bond donors (Lipinski definition) is 0. The van der Waals surface area contributed by atoms with Gasteiger partial charge in [-0.2, -0.15) is 0 Å². The molecule has 1 rings (SSSR count). The van der Waals surface area contributed by atoms with Crippen LogP contribution < -0.4 is 0 Å². The van der Waals surface area contributed by atoms with E-state index in [2.05, 4.69) is 11.8 Å². The molecule has 0 aromatic carbocycles. The van der Waals surface area contributed by atoms with Gasteiger partial charge in [0.05, 0.1) is 13.2 Å². The lowest BCUT2D eigenvalue weighted by molar-refractivity contribution is -0.140. The van der Waals surface area contributed by atoms with Crippen LogP contribution >= 0.6 is 0 Å². The summed E-state index contributed by atoms with van der Waals surface area (Å²) < 4.78 is 5.41. The first-order valence-corrected chi connectivity index (χ1v) is 5.97. The number of rotatable bonds is 1. The van der Waals surface area contributed by atoms with Crippen molar-refractivity contribution in [2.24, 2.45) is 5.92 Å². The summed E-state index contributed by atoms with van der Waals surface area (Å²) in [6, 6.07) is 0. The van der Waals surface area contributed by atoms with Crippen molar-refractivity contribution in [3.8, 4) is 11.8 Å². The second-order valence-corrected chi connectivity index (χ2v) is 3.69. The fourth-order valence-electron chi connectivity index (χ4n) is 1.46. The molecule has 0 saturated carbocycles. The van der Waals surface area contributed by atoms with Gasteiger partial charge in [0.15, 0.2) is 0 Å². The van der Waals surface area contributed by atoms with Crippen LogP contribution in [0.3, 0.4) is 0 Å². The van der Waals surface area contributed by atoms with E-state index in [1.54, 1.807) is 6.92 Å². The molecular weight excluding hydrogens is 202 g/mol. The van der Waals surface area contributed by atoms with Crippen LogP contribution in [0.5, 0.6) is 0 Å². The standard InChI is InChI=1S/C11H17NO2.C2H6/c1-4-5-10-8-12(6-7-14-10)11(13)9(2)3;1-2/h9-10H,6-8H2,1-3H3;1-2H3. The van der Waals surface area contributed by atoms with Crippen molar-refractivity contribution in [1.29, 1.82) is 0 Å². The normalized spacial score (nSPS) is 19.4. The first-order valence-electron chi connectivity index (χ1n) is 5.97. The Morgan fingerprint density at radius 3 is 2.56 bits per heavy atom. The molecule has 3 nitrogen and oxygen atoms in total. The first kappa shape index (κ1) is 15.0. The van der Waals surface area contributed by atoms with Gasteiger partial charge in [0.2, 0.25) is 5.91 Å². The summed E-state index contributed by atoms with van der Waals surface area (Å²) in [6.45, 7) is 11.5. The molecular formula is C13H23NO2. The fourth-order valence-corrected chi connectivity index (χ4v) is 1.46. The van der Waals surface area contributed by atoms with E-state index in [9.17, 15) is 4.79 Å². The average Bonchev–Trinajstić information content (AvgIpc) is 2.31. The van der Waals surface area contributed by atoms with Crippen LogP contribution in [0.1, 0.15) is 34.6 Å². The summed E-state index contributed by atoms with van der Waals surface area (Å²) in [7, 11) is 0. The third kappa shape index (κ3) is 4.67. The van der Waals surface area contributed by atoms with Gasteiger partial charge in [0, 0.05) is 12.5 Å². The molecule has 0 bridgehead atoms. The zero-order valence-electron chi connectivity index (χ0n) is 11.0. The maximum Gasteiger partial charge on any atom is 0.225 e. The van der Waals surface area contributed by atoms with Gasteiger partial charge < -0.3 is 9.64 Å². The van der Waals surface area contributed by atoms with Crippen LogP contribution in [-0.2, 0) is 9.53 Å². The summed E-state index contributed by atoms with van der Waals surface area (Å²) in [5.41, 5.74) is 0. The minimum absolute atomic E-state index is 0.0586. The Morgan fingerprint density at radius 1 is 1.44 bits per heavy atom. The molecule has 0 N–H and O–H groups in total. The SMILES string of the molecule is CC.CC#CC1CN(C(=O)C(C)C)CCO1. The zero-order valence-corrected chi connectivity index (χ0v) is 11.0. The second-order valence-electron chi connectivity index (χ2n) is 3.69. The summed E-state index contributed by atoms with van der Waals surface area (Å²) in [6.07, 6.45) is -0.101. The smallest absolute Gasteiger partial charge is 0.225 e. The molecule has 1 unspecified atom stereocenters. The van der Waals surface area contributed by atoms with Gasteiger partial charge in [-0.25, -0.2) is 0 Å². The topological polar surface area (TPSA) is 29.5 Å². The molecule has 1 saturated heterocycles. The highest BCUT2D eigenvalue weighted by atomic mass is 16.5. The van der Waals surface area contributed by atoms with Gasteiger partial charge in [0.1, 0.15) is 6.10 Å². The van der Waals surface area contributed by atoms with E-state index >= 15 is 0 Å². The molecule has 0 aromatic rings. The highest BCUT2D eigenvalue weighted by Gasteiger charge is 2.24. The van der Waals surface area contributed by atoms with Crippen LogP contribution in [0.25, 0.3) is 0 Å². The third-order valence-electron chi connectivity index (χ3n) is 2.18. The van der Waals surface area contributed by atoms with Gasteiger partial charge in [-0.1, -0.05) is 33.6 Å². The van der Waals surface area contributed by atoms with E-state index in [1.807, 2.05) is 32.6 Å². The molecule has 0 aliphatic carbocycles. The number of nitrogens with zero attached hydrogens (tertiary/aromatic N) is 1. The summed E-state index contributed by atoms with van der Waals surface area (Å²) in [4.78, 5) is 13.5. The van der Waals surface area contributed by atoms with Crippen molar-refractivity contribution in [2.45, 2.75) is 40.7 Å². The second kappa shape index (κ2) is 8.18. The molecule has 1 aliphatic heterocycles. The molecule has 3 heteroatoms. The Bertz CT molecular complexity index is 263. The number of hydrogen-bond acceptors (Lipinski definition) is 2. The van der Waals surface area contributed by atoms with E-state index in [4.69, 9.17) is 4.74 Å². The number of ether oxygens (including phenoxy) is 1. The lowest BCUT2D eigenvalue weighted by Crippen LogP contribution is -2.46. The Labute approximate surface area is 99.2 Å². The maximum atomic E-state index is 11.7. The van der Waals surface area contributed by atoms with Crippen LogP contribution in [-0.4, -0.2) is 36.6 Å². The van der Waals surface area contributed by atoms with Gasteiger partial charge in [0.25, 0.3) is 0 Å². The largest absolute Gasteiger partial charge is 0.362 e. The van der Waals surface area contributed by atoms with Crippen LogP contribution in [0.4, 0.5) is 0 Å². The van der Waals surface area contributed by atoms with Crippen LogP contribution in [0, 0.1) is 17.8 Å². The van der Waals surface area contributed by atoms with Crippen molar-refractivity contribution in [3.05, 3.63) is 0 Å². The zero-order chi connectivity index (χ0) is 12.6. The van der Waals surface area contributed by atoms with Gasteiger partial charge in [-0.05, 0) is 6.92 Å². The van der Waals surface area contributed by atoms with Crippen molar-refractivity contribution in [3.63, 3.8) is 0 Å². The van der Waals surface area contributed by atoms with Crippen molar-refractivity contribution in [2.75, 3.05) is 19.7 Å². The highest BCUT2D eigenvalue weighted by Crippen LogP contribution is 2.08. The predicted octanol–water partition coefficient (Wildman–Crippen LogP) is 1.92. The van der Waals surface area contributed by atoms with Crippen LogP contribution in [0.2, 0.25) is 0 Å². The highest BCUT2D eigenvalue weighted by molar-refractivity contribution is 5.78. The maximum absolute atomic E-state index is 11.7. The number of carbonyl (C=O) groups is 1. The molecule has 92 valence electrons. The van der Waals surface area contributed by atoms with Gasteiger partial charge >= 0.3 is 0 Å². The molecule has 0 radical (unpaired) electrons. The molecule has 1 amide bonds. The lowest BCUT2D eigenvalue weighted by Gasteiger charge is -2.31. The Morgan fingerprint density at radius 2 is 2.06 bits per heavy atom. The van der Waals surface area contributed by atoms with Gasteiger partial charge in [-0.3, -0.25) is 4.79 Å². The fraction of sp³-hybridized carbons (Fsp3) is 0.769. The molecule has 1 atom stereocenters. The molecule has 0 spiro atoms. The quantitative estimate of drug-likeness (QED) is 0.638. The lowest BCUT2D eigenvalue weighted by atomic mass is 10.1. The predicted molar refractivity (Wildman–Crippen MR) is 66.0 cm³/mol. The molecule has 1 fully saturated rings. The van der Waals surface area contributed by atoms with E-state index in [-0.39, 0.29) is 17.9 Å². The molecule has 1 heterocycles. The number of carbonyl (C=O) groups excluding carboxylic acids is 1. The first-order chi connectivity index (χ1) is 7.65. The van der Waals surface area contributed by atoms with Crippen molar-refractivity contribution in [1.82, 2.24) is 4.90 Å². The monoisotopic (exact) mass is 225 g/mol. The Balaban J connectivity index is 0.00000106. The Hall–Kier alpha value is -1.01. The van der Waals surface area contributed by atoms with E-state index in [0.29, 0.717) is 19.7 Å².